The molecule has 0 aromatic heterocycles. The van der Waals surface area contributed by atoms with Crippen LogP contribution in [0.3, 0.4) is 0 Å². The van der Waals surface area contributed by atoms with Crippen LogP contribution in [0.15, 0.2) is 29.8 Å². The molecule has 0 radical (unpaired) electrons. The lowest BCUT2D eigenvalue weighted by Crippen LogP contribution is -2.15. The van der Waals surface area contributed by atoms with Crippen LogP contribution >= 0.6 is 11.6 Å². The number of nitrogens with one attached hydrogen (secondary N) is 1. The molecule has 0 saturated carbocycles. The molecule has 0 spiro atoms. The highest BCUT2D eigenvalue weighted by molar-refractivity contribution is 6.29. The second kappa shape index (κ2) is 5.50. The van der Waals surface area contributed by atoms with Gasteiger partial charge in [0.15, 0.2) is 0 Å². The molecule has 0 fully saturated rings. The number of nitriles is 1. The molecule has 0 bridgehead atoms. The SMILES string of the molecule is C=C(Cl)CNCc1cc(C#N)ccc1F. The van der Waals surface area contributed by atoms with Crippen molar-refractivity contribution in [3.05, 3.63) is 46.8 Å². The van der Waals surface area contributed by atoms with Gasteiger partial charge in [-0.15, -0.1) is 0 Å². The standard InChI is InChI=1S/C11H10ClFN2/c1-8(12)6-15-7-10-4-9(5-14)2-3-11(10)13/h2-4,15H,1,6-7H2. The van der Waals surface area contributed by atoms with Gasteiger partial charge in [0, 0.05) is 23.7 Å². The summed E-state index contributed by atoms with van der Waals surface area (Å²) in [5, 5.41) is 12.0. The van der Waals surface area contributed by atoms with E-state index in [4.69, 9.17) is 16.9 Å². The van der Waals surface area contributed by atoms with Crippen LogP contribution in [-0.4, -0.2) is 6.54 Å². The largest absolute Gasteiger partial charge is 0.308 e. The Bertz CT molecular complexity index is 410. The van der Waals surface area contributed by atoms with Gasteiger partial charge in [-0.3, -0.25) is 0 Å². The van der Waals surface area contributed by atoms with E-state index < -0.39 is 0 Å². The Hall–Kier alpha value is -1.37. The molecule has 0 atom stereocenters. The normalized spacial score (nSPS) is 9.67. The zero-order valence-electron chi connectivity index (χ0n) is 8.06. The summed E-state index contributed by atoms with van der Waals surface area (Å²) < 4.78 is 13.2. The fraction of sp³-hybridized carbons (Fsp3) is 0.182. The van der Waals surface area contributed by atoms with Crippen molar-refractivity contribution >= 4 is 11.6 Å². The van der Waals surface area contributed by atoms with E-state index in [-0.39, 0.29) is 5.82 Å². The third-order valence-electron chi connectivity index (χ3n) is 1.81. The van der Waals surface area contributed by atoms with Crippen LogP contribution in [0.4, 0.5) is 4.39 Å². The number of hydrogen-bond acceptors (Lipinski definition) is 2. The van der Waals surface area contributed by atoms with Gasteiger partial charge >= 0.3 is 0 Å². The number of nitrogens with zero attached hydrogens (tertiary/aromatic N) is 1. The predicted octanol–water partition coefficient (Wildman–Crippen LogP) is 2.54. The molecule has 0 aliphatic rings. The van der Waals surface area contributed by atoms with Crippen LogP contribution in [0.2, 0.25) is 0 Å². The van der Waals surface area contributed by atoms with Crippen LogP contribution in [-0.2, 0) is 6.54 Å². The molecular formula is C11H10ClFN2. The van der Waals surface area contributed by atoms with Gasteiger partial charge in [0.05, 0.1) is 11.6 Å². The van der Waals surface area contributed by atoms with Crippen molar-refractivity contribution < 1.29 is 4.39 Å². The first-order valence-electron chi connectivity index (χ1n) is 4.36. The Labute approximate surface area is 93.0 Å². The summed E-state index contributed by atoms with van der Waals surface area (Å²) in [7, 11) is 0. The molecule has 1 aromatic rings. The molecule has 0 aliphatic carbocycles. The summed E-state index contributed by atoms with van der Waals surface area (Å²) in [6, 6.07) is 6.20. The third kappa shape index (κ3) is 3.70. The van der Waals surface area contributed by atoms with Gasteiger partial charge in [-0.1, -0.05) is 18.2 Å². The van der Waals surface area contributed by atoms with Gasteiger partial charge in [-0.25, -0.2) is 4.39 Å². The second-order valence-electron chi connectivity index (χ2n) is 3.04. The number of halogens is 2. The van der Waals surface area contributed by atoms with E-state index in [1.54, 1.807) is 0 Å². The molecule has 0 unspecified atom stereocenters. The highest BCUT2D eigenvalue weighted by Gasteiger charge is 2.02. The maximum Gasteiger partial charge on any atom is 0.127 e. The number of benzene rings is 1. The molecule has 78 valence electrons. The van der Waals surface area contributed by atoms with Crippen molar-refractivity contribution in [2.75, 3.05) is 6.54 Å². The van der Waals surface area contributed by atoms with E-state index in [1.165, 1.54) is 18.2 Å². The minimum atomic E-state index is -0.332. The van der Waals surface area contributed by atoms with Crippen LogP contribution < -0.4 is 5.32 Å². The van der Waals surface area contributed by atoms with Gasteiger partial charge in [0.1, 0.15) is 5.82 Å². The lowest BCUT2D eigenvalue weighted by molar-refractivity contribution is 0.596. The molecule has 0 amide bonds. The van der Waals surface area contributed by atoms with Gasteiger partial charge in [-0.2, -0.15) is 5.26 Å². The van der Waals surface area contributed by atoms with Gasteiger partial charge in [0.25, 0.3) is 0 Å². The highest BCUT2D eigenvalue weighted by atomic mass is 35.5. The zero-order chi connectivity index (χ0) is 11.3. The first-order chi connectivity index (χ1) is 7.13. The van der Waals surface area contributed by atoms with Crippen molar-refractivity contribution in [2.45, 2.75) is 6.54 Å². The summed E-state index contributed by atoms with van der Waals surface area (Å²) >= 11 is 5.54. The van der Waals surface area contributed by atoms with Crippen molar-refractivity contribution in [1.29, 1.82) is 5.26 Å². The van der Waals surface area contributed by atoms with Crippen molar-refractivity contribution in [3.63, 3.8) is 0 Å². The summed E-state index contributed by atoms with van der Waals surface area (Å²) in [6.07, 6.45) is 0. The average Bonchev–Trinajstić information content (AvgIpc) is 2.20. The van der Waals surface area contributed by atoms with E-state index in [2.05, 4.69) is 11.9 Å². The molecule has 0 heterocycles. The van der Waals surface area contributed by atoms with Crippen molar-refractivity contribution in [2.24, 2.45) is 0 Å². The minimum absolute atomic E-state index is 0.326. The smallest absolute Gasteiger partial charge is 0.127 e. The fourth-order valence-corrected chi connectivity index (χ4v) is 1.21. The second-order valence-corrected chi connectivity index (χ2v) is 3.57. The van der Waals surface area contributed by atoms with Crippen molar-refractivity contribution in [1.82, 2.24) is 5.32 Å². The summed E-state index contributed by atoms with van der Waals surface area (Å²) in [4.78, 5) is 0. The van der Waals surface area contributed by atoms with Crippen molar-refractivity contribution in [3.8, 4) is 6.07 Å². The maximum absolute atomic E-state index is 13.2. The van der Waals surface area contributed by atoms with Gasteiger partial charge in [0.2, 0.25) is 0 Å². The molecule has 0 aliphatic heterocycles. The van der Waals surface area contributed by atoms with Crippen LogP contribution in [0.1, 0.15) is 11.1 Å². The monoisotopic (exact) mass is 224 g/mol. The maximum atomic E-state index is 13.2. The topological polar surface area (TPSA) is 35.8 Å². The lowest BCUT2D eigenvalue weighted by Gasteiger charge is -2.05. The summed E-state index contributed by atoms with van der Waals surface area (Å²) in [5.41, 5.74) is 0.893. The summed E-state index contributed by atoms with van der Waals surface area (Å²) in [5.74, 6) is -0.332. The lowest BCUT2D eigenvalue weighted by atomic mass is 10.1. The summed E-state index contributed by atoms with van der Waals surface area (Å²) in [6.45, 7) is 4.24. The van der Waals surface area contributed by atoms with E-state index in [9.17, 15) is 4.39 Å². The van der Waals surface area contributed by atoms with Gasteiger partial charge in [-0.05, 0) is 18.2 Å². The Balaban J connectivity index is 2.68. The average molecular weight is 225 g/mol. The molecule has 0 saturated heterocycles. The predicted molar refractivity (Wildman–Crippen MR) is 57.8 cm³/mol. The number of hydrogen-bond donors (Lipinski definition) is 1. The third-order valence-corrected chi connectivity index (χ3v) is 1.94. The quantitative estimate of drug-likeness (QED) is 0.853. The van der Waals surface area contributed by atoms with Crippen LogP contribution in [0, 0.1) is 17.1 Å². The Morgan fingerprint density at radius 2 is 2.33 bits per heavy atom. The molecule has 1 rings (SSSR count). The molecule has 1 N–H and O–H groups in total. The number of rotatable bonds is 4. The zero-order valence-corrected chi connectivity index (χ0v) is 8.81. The molecule has 15 heavy (non-hydrogen) atoms. The highest BCUT2D eigenvalue weighted by Crippen LogP contribution is 2.09. The first kappa shape index (κ1) is 11.7. The van der Waals surface area contributed by atoms with E-state index in [1.807, 2.05) is 6.07 Å². The van der Waals surface area contributed by atoms with Gasteiger partial charge < -0.3 is 5.32 Å². The molecule has 1 aromatic carbocycles. The van der Waals surface area contributed by atoms with Crippen LogP contribution in [0.5, 0.6) is 0 Å². The van der Waals surface area contributed by atoms with E-state index in [0.717, 1.165) is 0 Å². The first-order valence-corrected chi connectivity index (χ1v) is 4.74. The minimum Gasteiger partial charge on any atom is -0.308 e. The Kier molecular flexibility index (Phi) is 4.29. The van der Waals surface area contributed by atoms with Crippen LogP contribution in [0.25, 0.3) is 0 Å². The molecular weight excluding hydrogens is 215 g/mol. The Morgan fingerprint density at radius 3 is 2.93 bits per heavy atom. The fourth-order valence-electron chi connectivity index (χ4n) is 1.11. The van der Waals surface area contributed by atoms with E-state index >= 15 is 0 Å². The van der Waals surface area contributed by atoms with E-state index in [0.29, 0.717) is 29.2 Å². The molecule has 4 heteroatoms. The molecule has 2 nitrogen and oxygen atoms in total. The Morgan fingerprint density at radius 1 is 1.60 bits per heavy atom.